The minimum atomic E-state index is -2.83. The predicted molar refractivity (Wildman–Crippen MR) is 62.7 cm³/mol. The van der Waals surface area contributed by atoms with Crippen molar-refractivity contribution in [2.45, 2.75) is 51.2 Å². The van der Waals surface area contributed by atoms with E-state index in [0.717, 1.165) is 25.7 Å². The summed E-state index contributed by atoms with van der Waals surface area (Å²) in [6.45, 7) is 3.70. The zero-order valence-corrected chi connectivity index (χ0v) is 10.7. The molecule has 0 fully saturated rings. The summed E-state index contributed by atoms with van der Waals surface area (Å²) in [7, 11) is -2.83. The lowest BCUT2D eigenvalue weighted by Crippen LogP contribution is -2.20. The van der Waals surface area contributed by atoms with Crippen LogP contribution in [0.1, 0.15) is 46.0 Å². The van der Waals surface area contributed by atoms with Crippen molar-refractivity contribution in [1.29, 1.82) is 0 Å². The number of rotatable bonds is 8. The maximum atomic E-state index is 11.6. The Balaban J connectivity index is 3.67. The van der Waals surface area contributed by atoms with E-state index in [1.54, 1.807) is 6.92 Å². The number of hydrogen-bond donors (Lipinski definition) is 0. The van der Waals surface area contributed by atoms with Crippen molar-refractivity contribution >= 4 is 21.4 Å². The normalized spacial score (nSPS) is 14.2. The van der Waals surface area contributed by atoms with E-state index in [0.29, 0.717) is 18.1 Å². The lowest BCUT2D eigenvalue weighted by molar-refractivity contribution is 0.574. The van der Waals surface area contributed by atoms with E-state index in [9.17, 15) is 8.42 Å². The van der Waals surface area contributed by atoms with E-state index in [1.807, 2.05) is 6.92 Å². The molecule has 1 unspecified atom stereocenters. The number of alkyl halides is 1. The third-order valence-electron chi connectivity index (χ3n) is 2.50. The molecule has 86 valence electrons. The van der Waals surface area contributed by atoms with E-state index in [4.69, 9.17) is 11.6 Å². The predicted octanol–water partition coefficient (Wildman–Crippen LogP) is 3.00. The summed E-state index contributed by atoms with van der Waals surface area (Å²) in [5.41, 5.74) is 0. The van der Waals surface area contributed by atoms with Gasteiger partial charge in [-0.2, -0.15) is 0 Å². The molecular weight excluding hydrogens is 220 g/mol. The van der Waals surface area contributed by atoms with Crippen molar-refractivity contribution in [1.82, 2.24) is 0 Å². The minimum Gasteiger partial charge on any atom is -0.229 e. The van der Waals surface area contributed by atoms with E-state index in [2.05, 4.69) is 0 Å². The van der Waals surface area contributed by atoms with Gasteiger partial charge in [0.1, 0.15) is 0 Å². The van der Waals surface area contributed by atoms with Gasteiger partial charge in [0.15, 0.2) is 9.84 Å². The molecule has 1 atom stereocenters. The maximum absolute atomic E-state index is 11.6. The molecule has 0 N–H and O–H groups in total. The highest BCUT2D eigenvalue weighted by Crippen LogP contribution is 2.10. The van der Waals surface area contributed by atoms with Gasteiger partial charge in [-0.1, -0.05) is 19.8 Å². The fourth-order valence-electron chi connectivity index (χ4n) is 1.21. The third kappa shape index (κ3) is 5.86. The van der Waals surface area contributed by atoms with E-state index < -0.39 is 9.84 Å². The van der Waals surface area contributed by atoms with Gasteiger partial charge < -0.3 is 0 Å². The van der Waals surface area contributed by atoms with E-state index in [1.165, 1.54) is 0 Å². The summed E-state index contributed by atoms with van der Waals surface area (Å²) in [6, 6.07) is 0. The molecule has 2 nitrogen and oxygen atoms in total. The highest BCUT2D eigenvalue weighted by molar-refractivity contribution is 7.91. The first-order valence-electron chi connectivity index (χ1n) is 5.32. The first-order valence-corrected chi connectivity index (χ1v) is 7.57. The highest BCUT2D eigenvalue weighted by Gasteiger charge is 2.17. The van der Waals surface area contributed by atoms with Crippen molar-refractivity contribution in [3.8, 4) is 0 Å². The molecular formula is C10H21ClO2S. The third-order valence-corrected chi connectivity index (χ3v) is 5.18. The maximum Gasteiger partial charge on any atom is 0.152 e. The van der Waals surface area contributed by atoms with Gasteiger partial charge in [-0.15, -0.1) is 11.6 Å². The van der Waals surface area contributed by atoms with Crippen molar-refractivity contribution < 1.29 is 8.42 Å². The highest BCUT2D eigenvalue weighted by atomic mass is 35.5. The molecule has 0 aromatic heterocycles. The molecule has 0 bridgehead atoms. The van der Waals surface area contributed by atoms with Gasteiger partial charge in [-0.25, -0.2) is 8.42 Å². The average Bonchev–Trinajstić information content (AvgIpc) is 2.16. The zero-order valence-electron chi connectivity index (χ0n) is 9.13. The van der Waals surface area contributed by atoms with Crippen LogP contribution in [0.3, 0.4) is 0 Å². The molecule has 14 heavy (non-hydrogen) atoms. The largest absolute Gasteiger partial charge is 0.229 e. The van der Waals surface area contributed by atoms with Crippen LogP contribution in [0.4, 0.5) is 0 Å². The number of sulfone groups is 1. The van der Waals surface area contributed by atoms with Crippen LogP contribution in [0.25, 0.3) is 0 Å². The van der Waals surface area contributed by atoms with Gasteiger partial charge in [-0.05, 0) is 26.2 Å². The molecule has 0 aliphatic carbocycles. The Morgan fingerprint density at radius 3 is 2.21 bits per heavy atom. The Morgan fingerprint density at radius 2 is 1.71 bits per heavy atom. The van der Waals surface area contributed by atoms with Gasteiger partial charge in [0.25, 0.3) is 0 Å². The molecule has 0 aliphatic rings. The summed E-state index contributed by atoms with van der Waals surface area (Å²) in [6.07, 6.45) is 4.50. The smallest absolute Gasteiger partial charge is 0.152 e. The van der Waals surface area contributed by atoms with Crippen LogP contribution in [0, 0.1) is 0 Å². The number of hydrogen-bond acceptors (Lipinski definition) is 2. The van der Waals surface area contributed by atoms with Crippen LogP contribution < -0.4 is 0 Å². The summed E-state index contributed by atoms with van der Waals surface area (Å²) >= 11 is 5.53. The Labute approximate surface area is 93.0 Å². The fraction of sp³-hybridized carbons (Fsp3) is 1.00. The molecule has 4 heteroatoms. The van der Waals surface area contributed by atoms with Crippen LogP contribution in [-0.2, 0) is 9.84 Å². The monoisotopic (exact) mass is 240 g/mol. The van der Waals surface area contributed by atoms with Crippen molar-refractivity contribution in [2.75, 3.05) is 11.6 Å². The second-order valence-electron chi connectivity index (χ2n) is 3.69. The van der Waals surface area contributed by atoms with Crippen LogP contribution >= 0.6 is 11.6 Å². The second-order valence-corrected chi connectivity index (χ2v) is 6.61. The molecule has 0 saturated carbocycles. The lowest BCUT2D eigenvalue weighted by atomic mass is 10.2. The zero-order chi connectivity index (χ0) is 11.0. The van der Waals surface area contributed by atoms with Gasteiger partial charge in [0, 0.05) is 5.88 Å². The Morgan fingerprint density at radius 1 is 1.14 bits per heavy atom. The molecule has 0 rings (SSSR count). The summed E-state index contributed by atoms with van der Waals surface area (Å²) in [5.74, 6) is 1.02. The van der Waals surface area contributed by atoms with Gasteiger partial charge in [0.2, 0.25) is 0 Å². The average molecular weight is 241 g/mol. The van der Waals surface area contributed by atoms with Crippen LogP contribution in [0.2, 0.25) is 0 Å². The molecule has 0 saturated heterocycles. The van der Waals surface area contributed by atoms with Crippen LogP contribution in [0.15, 0.2) is 0 Å². The standard InChI is InChI=1S/C10H21ClO2S/c1-3-10(2)14(12,13)9-7-5-4-6-8-11/h10H,3-9H2,1-2H3. The molecule has 0 spiro atoms. The Kier molecular flexibility index (Phi) is 7.65. The minimum absolute atomic E-state index is 0.185. The first kappa shape index (κ1) is 14.2. The first-order chi connectivity index (χ1) is 6.54. The molecule has 0 amide bonds. The van der Waals surface area contributed by atoms with Crippen LogP contribution in [0.5, 0.6) is 0 Å². The van der Waals surface area contributed by atoms with E-state index in [-0.39, 0.29) is 5.25 Å². The molecule has 0 aliphatic heterocycles. The molecule has 0 radical (unpaired) electrons. The summed E-state index contributed by atoms with van der Waals surface area (Å²) < 4.78 is 23.1. The quantitative estimate of drug-likeness (QED) is 0.483. The topological polar surface area (TPSA) is 34.1 Å². The SMILES string of the molecule is CCC(C)S(=O)(=O)CCCCCCCl. The van der Waals surface area contributed by atoms with Crippen molar-refractivity contribution in [3.05, 3.63) is 0 Å². The van der Waals surface area contributed by atoms with E-state index >= 15 is 0 Å². The Hall–Kier alpha value is 0.240. The molecule has 0 aromatic rings. The van der Waals surface area contributed by atoms with Crippen molar-refractivity contribution in [3.63, 3.8) is 0 Å². The van der Waals surface area contributed by atoms with Gasteiger partial charge in [-0.3, -0.25) is 0 Å². The Bertz CT molecular complexity index is 224. The second kappa shape index (κ2) is 7.52. The summed E-state index contributed by atoms with van der Waals surface area (Å²) in [5, 5.41) is -0.185. The number of halogens is 1. The number of unbranched alkanes of at least 4 members (excludes halogenated alkanes) is 3. The molecule has 0 heterocycles. The van der Waals surface area contributed by atoms with Crippen molar-refractivity contribution in [2.24, 2.45) is 0 Å². The van der Waals surface area contributed by atoms with Gasteiger partial charge in [0.05, 0.1) is 11.0 Å². The van der Waals surface area contributed by atoms with Crippen LogP contribution in [-0.4, -0.2) is 25.3 Å². The molecule has 0 aromatic carbocycles. The lowest BCUT2D eigenvalue weighted by Gasteiger charge is -2.09. The fourth-order valence-corrected chi connectivity index (χ4v) is 2.91. The van der Waals surface area contributed by atoms with Gasteiger partial charge >= 0.3 is 0 Å². The summed E-state index contributed by atoms with van der Waals surface area (Å²) in [4.78, 5) is 0.